The summed E-state index contributed by atoms with van der Waals surface area (Å²) < 4.78 is 9.92. The lowest BCUT2D eigenvalue weighted by atomic mass is 10.2. The third-order valence-electron chi connectivity index (χ3n) is 2.34. The van der Waals surface area contributed by atoms with E-state index in [0.717, 1.165) is 18.4 Å². The molecule has 0 saturated heterocycles. The van der Waals surface area contributed by atoms with E-state index < -0.39 is 5.97 Å². The Labute approximate surface area is 82.0 Å². The van der Waals surface area contributed by atoms with Crippen LogP contribution in [0.5, 0.6) is 0 Å². The molecule has 76 valence electrons. The minimum atomic E-state index is -0.475. The first-order valence-electron chi connectivity index (χ1n) is 4.78. The summed E-state index contributed by atoms with van der Waals surface area (Å²) in [6.45, 7) is 2.08. The van der Waals surface area contributed by atoms with E-state index in [0.29, 0.717) is 18.2 Å². The minimum absolute atomic E-state index is 0.147. The zero-order chi connectivity index (χ0) is 10.1. The Hall–Kier alpha value is -1.45. The maximum Gasteiger partial charge on any atom is 0.376 e. The van der Waals surface area contributed by atoms with Gasteiger partial charge in [-0.15, -0.1) is 0 Å². The number of nitrogen functional groups attached to an aromatic ring is 1. The van der Waals surface area contributed by atoms with Crippen LogP contribution in [0.1, 0.15) is 41.8 Å². The Morgan fingerprint density at radius 3 is 3.00 bits per heavy atom. The average molecular weight is 195 g/mol. The molecular formula is C10H13NO3. The van der Waals surface area contributed by atoms with E-state index in [1.54, 1.807) is 13.2 Å². The highest BCUT2D eigenvalue weighted by Gasteiger charge is 2.30. The van der Waals surface area contributed by atoms with E-state index in [4.69, 9.17) is 14.9 Å². The molecule has 4 heteroatoms. The van der Waals surface area contributed by atoms with Gasteiger partial charge in [-0.05, 0) is 25.7 Å². The van der Waals surface area contributed by atoms with Crippen LogP contribution >= 0.6 is 0 Å². The molecule has 1 aromatic rings. The highest BCUT2D eigenvalue weighted by atomic mass is 16.5. The van der Waals surface area contributed by atoms with Gasteiger partial charge < -0.3 is 14.9 Å². The molecule has 0 unspecified atom stereocenters. The molecule has 0 radical (unpaired) electrons. The highest BCUT2D eigenvalue weighted by molar-refractivity contribution is 5.93. The van der Waals surface area contributed by atoms with Crippen molar-refractivity contribution in [3.05, 3.63) is 17.6 Å². The zero-order valence-electron chi connectivity index (χ0n) is 8.08. The van der Waals surface area contributed by atoms with Crippen molar-refractivity contribution in [1.29, 1.82) is 0 Å². The Bertz CT molecular complexity index is 352. The monoisotopic (exact) mass is 195 g/mol. The topological polar surface area (TPSA) is 65.5 Å². The van der Waals surface area contributed by atoms with Gasteiger partial charge in [-0.25, -0.2) is 4.79 Å². The summed E-state index contributed by atoms with van der Waals surface area (Å²) in [6.07, 6.45) is 3.83. The molecule has 2 rings (SSSR count). The van der Waals surface area contributed by atoms with Crippen molar-refractivity contribution in [1.82, 2.24) is 0 Å². The number of carbonyl (C=O) groups excluding carboxylic acids is 1. The molecule has 0 bridgehead atoms. The standard InChI is InChI=1S/C10H13NO3/c1-2-13-10(12)9-8(11)7(5-14-9)6-3-4-6/h5-6H,2-4,11H2,1H3. The number of esters is 1. The van der Waals surface area contributed by atoms with Gasteiger partial charge in [0.2, 0.25) is 5.76 Å². The Morgan fingerprint density at radius 1 is 1.71 bits per heavy atom. The molecule has 0 atom stereocenters. The summed E-state index contributed by atoms with van der Waals surface area (Å²) in [5.41, 5.74) is 7.18. The molecule has 0 spiro atoms. The van der Waals surface area contributed by atoms with E-state index in [1.807, 2.05) is 0 Å². The molecule has 1 saturated carbocycles. The maximum absolute atomic E-state index is 11.3. The second-order valence-electron chi connectivity index (χ2n) is 3.43. The summed E-state index contributed by atoms with van der Waals surface area (Å²) >= 11 is 0. The van der Waals surface area contributed by atoms with Gasteiger partial charge in [0.1, 0.15) is 0 Å². The highest BCUT2D eigenvalue weighted by Crippen LogP contribution is 2.44. The van der Waals surface area contributed by atoms with Gasteiger partial charge in [0.05, 0.1) is 18.6 Å². The Kier molecular flexibility index (Phi) is 2.19. The van der Waals surface area contributed by atoms with Crippen LogP contribution in [0.4, 0.5) is 5.69 Å². The maximum atomic E-state index is 11.3. The lowest BCUT2D eigenvalue weighted by molar-refractivity contribution is 0.0492. The van der Waals surface area contributed by atoms with Crippen molar-refractivity contribution < 1.29 is 13.9 Å². The Balaban J connectivity index is 2.21. The van der Waals surface area contributed by atoms with Crippen LogP contribution in [0.25, 0.3) is 0 Å². The van der Waals surface area contributed by atoms with E-state index in [2.05, 4.69) is 0 Å². The molecular weight excluding hydrogens is 182 g/mol. The number of hydrogen-bond acceptors (Lipinski definition) is 4. The first-order chi connectivity index (χ1) is 6.74. The molecule has 0 aromatic carbocycles. The molecule has 0 amide bonds. The van der Waals surface area contributed by atoms with Crippen LogP contribution in [-0.4, -0.2) is 12.6 Å². The molecule has 0 aliphatic heterocycles. The molecule has 14 heavy (non-hydrogen) atoms. The largest absolute Gasteiger partial charge is 0.460 e. The van der Waals surface area contributed by atoms with Gasteiger partial charge in [-0.2, -0.15) is 0 Å². The number of rotatable bonds is 3. The van der Waals surface area contributed by atoms with Gasteiger partial charge in [0.25, 0.3) is 0 Å². The van der Waals surface area contributed by atoms with Gasteiger partial charge in [-0.3, -0.25) is 0 Å². The molecule has 1 heterocycles. The zero-order valence-corrected chi connectivity index (χ0v) is 8.08. The number of ether oxygens (including phenoxy) is 1. The van der Waals surface area contributed by atoms with Crippen molar-refractivity contribution in [2.45, 2.75) is 25.7 Å². The van der Waals surface area contributed by atoms with Crippen LogP contribution in [0, 0.1) is 0 Å². The molecule has 2 N–H and O–H groups in total. The molecule has 4 nitrogen and oxygen atoms in total. The van der Waals surface area contributed by atoms with Crippen LogP contribution in [0.2, 0.25) is 0 Å². The van der Waals surface area contributed by atoms with Gasteiger partial charge in [0.15, 0.2) is 0 Å². The Morgan fingerprint density at radius 2 is 2.43 bits per heavy atom. The smallest absolute Gasteiger partial charge is 0.376 e. The van der Waals surface area contributed by atoms with Gasteiger partial charge in [-0.1, -0.05) is 0 Å². The predicted molar refractivity (Wildman–Crippen MR) is 51.1 cm³/mol. The molecule has 1 aliphatic rings. The van der Waals surface area contributed by atoms with E-state index in [9.17, 15) is 4.79 Å². The van der Waals surface area contributed by atoms with Crippen molar-refractivity contribution in [3.8, 4) is 0 Å². The van der Waals surface area contributed by atoms with Gasteiger partial charge in [0, 0.05) is 5.56 Å². The third-order valence-corrected chi connectivity index (χ3v) is 2.34. The first-order valence-corrected chi connectivity index (χ1v) is 4.78. The summed E-state index contributed by atoms with van der Waals surface area (Å²) in [4.78, 5) is 11.3. The van der Waals surface area contributed by atoms with Crippen molar-refractivity contribution in [3.63, 3.8) is 0 Å². The van der Waals surface area contributed by atoms with Crippen molar-refractivity contribution in [2.75, 3.05) is 12.3 Å². The summed E-state index contributed by atoms with van der Waals surface area (Å²) in [5, 5.41) is 0. The second-order valence-corrected chi connectivity index (χ2v) is 3.43. The van der Waals surface area contributed by atoms with Crippen LogP contribution in [0.3, 0.4) is 0 Å². The van der Waals surface area contributed by atoms with Crippen molar-refractivity contribution >= 4 is 11.7 Å². The lowest BCUT2D eigenvalue weighted by Crippen LogP contribution is -2.06. The van der Waals surface area contributed by atoms with Crippen LogP contribution in [-0.2, 0) is 4.74 Å². The number of nitrogens with two attached hydrogens (primary N) is 1. The van der Waals surface area contributed by atoms with Crippen LogP contribution < -0.4 is 5.73 Å². The summed E-state index contributed by atoms with van der Waals surface area (Å²) in [6, 6.07) is 0. The second kappa shape index (κ2) is 3.36. The van der Waals surface area contributed by atoms with Crippen molar-refractivity contribution in [2.24, 2.45) is 0 Å². The normalized spacial score (nSPS) is 15.5. The summed E-state index contributed by atoms with van der Waals surface area (Å²) in [7, 11) is 0. The number of carbonyl (C=O) groups is 1. The minimum Gasteiger partial charge on any atom is -0.460 e. The fourth-order valence-electron chi connectivity index (χ4n) is 1.45. The molecule has 1 aromatic heterocycles. The predicted octanol–water partition coefficient (Wildman–Crippen LogP) is 1.92. The summed E-state index contributed by atoms with van der Waals surface area (Å²) in [5.74, 6) is 0.160. The third kappa shape index (κ3) is 1.47. The van der Waals surface area contributed by atoms with E-state index >= 15 is 0 Å². The van der Waals surface area contributed by atoms with Crippen LogP contribution in [0.15, 0.2) is 10.7 Å². The fourth-order valence-corrected chi connectivity index (χ4v) is 1.45. The molecule has 1 fully saturated rings. The average Bonchev–Trinajstić information content (AvgIpc) is 2.91. The fraction of sp³-hybridized carbons (Fsp3) is 0.500. The first kappa shape index (κ1) is 9.12. The number of furan rings is 1. The van der Waals surface area contributed by atoms with Gasteiger partial charge >= 0.3 is 5.97 Å². The molecule has 1 aliphatic carbocycles. The number of anilines is 1. The SMILES string of the molecule is CCOC(=O)c1occ(C2CC2)c1N. The quantitative estimate of drug-likeness (QED) is 0.748. The lowest BCUT2D eigenvalue weighted by Gasteiger charge is -1.99. The van der Waals surface area contributed by atoms with E-state index in [-0.39, 0.29) is 5.76 Å². The number of hydrogen-bond donors (Lipinski definition) is 1. The van der Waals surface area contributed by atoms with E-state index in [1.165, 1.54) is 0 Å².